The van der Waals surface area contributed by atoms with E-state index in [2.05, 4.69) is 0 Å². The van der Waals surface area contributed by atoms with E-state index < -0.39 is 96.4 Å². The Morgan fingerprint density at radius 3 is 1.19 bits per heavy atom. The lowest BCUT2D eigenvalue weighted by Gasteiger charge is -2.45. The van der Waals surface area contributed by atoms with Crippen molar-refractivity contribution in [3.8, 4) is 0 Å². The standard InChI is InChI=1S/C19H15F24NO.C11H20O2/c1-3-6(2)7(45)44-5-4-9(22,23)11(26,27)13(30,31)15(34,35)17(38,39)19(42,43)18(40,41)16(36,37)14(32,33)12(28,29)10(24,25)8(20)21;1-3-9(2)11(12)13-10-7-5-4-6-8-10/h6,8H,3-5H2,1-2H3,(H,44,45);9-10H,3-8H2,1-2H3. The van der Waals surface area contributed by atoms with Gasteiger partial charge < -0.3 is 10.1 Å². The lowest BCUT2D eigenvalue weighted by molar-refractivity contribution is -0.476. The Balaban J connectivity index is 0.00000209. The molecule has 1 amide bonds. The normalized spacial score (nSPS) is 17.7. The minimum Gasteiger partial charge on any atom is -0.462 e. The molecule has 0 aromatic rings. The number of hydrogen-bond donors (Lipinski definition) is 1. The molecule has 4 nitrogen and oxygen atoms in total. The van der Waals surface area contributed by atoms with Gasteiger partial charge in [-0.15, -0.1) is 0 Å². The summed E-state index contributed by atoms with van der Waals surface area (Å²) in [6.45, 7) is 4.35. The topological polar surface area (TPSA) is 55.4 Å². The first-order chi connectivity index (χ1) is 25.5. The molecule has 1 rings (SSSR count). The maximum absolute atomic E-state index is 13.9. The average Bonchev–Trinajstić information content (AvgIpc) is 3.10. The minimum atomic E-state index is -9.49. The van der Waals surface area contributed by atoms with Crippen LogP contribution in [0, 0.1) is 11.8 Å². The molecule has 2 atom stereocenters. The molecule has 0 spiro atoms. The molecule has 1 fully saturated rings. The Morgan fingerprint density at radius 1 is 0.534 bits per heavy atom. The second kappa shape index (κ2) is 18.1. The van der Waals surface area contributed by atoms with Crippen molar-refractivity contribution in [1.82, 2.24) is 5.32 Å². The molecule has 0 aromatic heterocycles. The van der Waals surface area contributed by atoms with Crippen LogP contribution >= 0.6 is 0 Å². The summed E-state index contributed by atoms with van der Waals surface area (Å²) < 4.78 is 329. The minimum absolute atomic E-state index is 0.00519. The number of hydrogen-bond acceptors (Lipinski definition) is 3. The van der Waals surface area contributed by atoms with E-state index in [9.17, 15) is 115 Å². The molecule has 0 aromatic carbocycles. The van der Waals surface area contributed by atoms with E-state index in [0.29, 0.717) is 0 Å². The summed E-state index contributed by atoms with van der Waals surface area (Å²) in [5, 5.41) is 1.32. The van der Waals surface area contributed by atoms with Crippen LogP contribution in [0.25, 0.3) is 0 Å². The second-order valence-electron chi connectivity index (χ2n) is 13.2. The molecule has 1 N–H and O–H groups in total. The highest BCUT2D eigenvalue weighted by molar-refractivity contribution is 5.78. The van der Waals surface area contributed by atoms with E-state index in [0.717, 1.165) is 26.2 Å². The number of ether oxygens (including phenoxy) is 1. The highest BCUT2D eigenvalue weighted by Gasteiger charge is 2.98. The molecular weight excluding hydrogens is 878 g/mol. The van der Waals surface area contributed by atoms with Crippen LogP contribution in [0.3, 0.4) is 0 Å². The molecule has 2 unspecified atom stereocenters. The fourth-order valence-electron chi connectivity index (χ4n) is 4.45. The zero-order valence-electron chi connectivity index (χ0n) is 30.0. The van der Waals surface area contributed by atoms with E-state index in [-0.39, 0.29) is 24.4 Å². The van der Waals surface area contributed by atoms with Crippen molar-refractivity contribution in [3.63, 3.8) is 0 Å². The number of esters is 1. The van der Waals surface area contributed by atoms with E-state index >= 15 is 0 Å². The molecule has 1 aliphatic carbocycles. The molecule has 0 saturated heterocycles. The molecule has 0 radical (unpaired) electrons. The van der Waals surface area contributed by atoms with Crippen LogP contribution in [0.5, 0.6) is 0 Å². The van der Waals surface area contributed by atoms with Gasteiger partial charge in [0.25, 0.3) is 0 Å². The van der Waals surface area contributed by atoms with Crippen LogP contribution in [-0.4, -0.2) is 96.1 Å². The Bertz CT molecular complexity index is 1360. The van der Waals surface area contributed by atoms with Gasteiger partial charge in [-0.3, -0.25) is 9.59 Å². The number of carbonyl (C=O) groups is 2. The Kier molecular flexibility index (Phi) is 17.2. The molecule has 0 bridgehead atoms. The van der Waals surface area contributed by atoms with Gasteiger partial charge in [0.1, 0.15) is 6.10 Å². The highest BCUT2D eigenvalue weighted by Crippen LogP contribution is 2.67. The van der Waals surface area contributed by atoms with Crippen molar-refractivity contribution in [2.24, 2.45) is 11.8 Å². The van der Waals surface area contributed by atoms with Crippen molar-refractivity contribution < 1.29 is 120 Å². The average molecular weight is 914 g/mol. The fourth-order valence-corrected chi connectivity index (χ4v) is 4.45. The first-order valence-electron chi connectivity index (χ1n) is 16.5. The summed E-state index contributed by atoms with van der Waals surface area (Å²) in [5.41, 5.74) is 0. The number of nitrogens with one attached hydrogen (secondary N) is 1. The Labute approximate surface area is 312 Å². The molecule has 0 heterocycles. The summed E-state index contributed by atoms with van der Waals surface area (Å²) in [6, 6.07) is 0. The van der Waals surface area contributed by atoms with Gasteiger partial charge in [0.2, 0.25) is 5.91 Å². The van der Waals surface area contributed by atoms with E-state index in [1.165, 1.54) is 31.5 Å². The maximum Gasteiger partial charge on any atom is 0.385 e. The lowest BCUT2D eigenvalue weighted by atomic mass is 9.84. The van der Waals surface area contributed by atoms with Gasteiger partial charge in [0, 0.05) is 18.9 Å². The Morgan fingerprint density at radius 2 is 0.862 bits per heavy atom. The molecule has 0 aliphatic heterocycles. The molecule has 346 valence electrons. The summed E-state index contributed by atoms with van der Waals surface area (Å²) in [5.74, 6) is -98.8. The van der Waals surface area contributed by atoms with E-state index in [4.69, 9.17) is 4.74 Å². The number of halogens is 24. The van der Waals surface area contributed by atoms with Gasteiger partial charge in [-0.25, -0.2) is 8.78 Å². The van der Waals surface area contributed by atoms with Gasteiger partial charge in [0.05, 0.1) is 5.92 Å². The summed E-state index contributed by atoms with van der Waals surface area (Å²) in [7, 11) is 0. The quantitative estimate of drug-likeness (QED) is 0.104. The van der Waals surface area contributed by atoms with Crippen LogP contribution in [0.15, 0.2) is 0 Å². The molecule has 1 aliphatic rings. The molecule has 1 saturated carbocycles. The molecule has 58 heavy (non-hydrogen) atoms. The maximum atomic E-state index is 13.9. The van der Waals surface area contributed by atoms with Crippen molar-refractivity contribution >= 4 is 11.9 Å². The second-order valence-corrected chi connectivity index (χ2v) is 13.2. The number of amides is 1. The van der Waals surface area contributed by atoms with Crippen molar-refractivity contribution in [2.75, 3.05) is 6.54 Å². The van der Waals surface area contributed by atoms with Gasteiger partial charge >= 0.3 is 77.5 Å². The van der Waals surface area contributed by atoms with Gasteiger partial charge in [-0.05, 0) is 38.5 Å². The van der Waals surface area contributed by atoms with E-state index in [1.54, 1.807) is 0 Å². The lowest BCUT2D eigenvalue weighted by Crippen LogP contribution is -2.78. The largest absolute Gasteiger partial charge is 0.462 e. The zero-order chi connectivity index (χ0) is 46.7. The monoisotopic (exact) mass is 913 g/mol. The number of rotatable bonds is 19. The third-order valence-corrected chi connectivity index (χ3v) is 8.95. The van der Waals surface area contributed by atoms with Gasteiger partial charge in [-0.2, -0.15) is 96.6 Å². The smallest absolute Gasteiger partial charge is 0.385 e. The van der Waals surface area contributed by atoms with Crippen LogP contribution < -0.4 is 5.32 Å². The summed E-state index contributed by atoms with van der Waals surface area (Å²) in [4.78, 5) is 22.8. The third-order valence-electron chi connectivity index (χ3n) is 8.95. The predicted octanol–water partition coefficient (Wildman–Crippen LogP) is 11.7. The molecule has 28 heteroatoms. The van der Waals surface area contributed by atoms with E-state index in [1.807, 2.05) is 13.8 Å². The predicted molar refractivity (Wildman–Crippen MR) is 150 cm³/mol. The number of alkyl halides is 24. The van der Waals surface area contributed by atoms with Crippen molar-refractivity contribution in [1.29, 1.82) is 0 Å². The fraction of sp³-hybridized carbons (Fsp3) is 0.933. The third kappa shape index (κ3) is 9.42. The van der Waals surface area contributed by atoms with Crippen molar-refractivity contribution in [2.45, 2.75) is 157 Å². The van der Waals surface area contributed by atoms with Crippen LogP contribution in [-0.2, 0) is 14.3 Å². The SMILES string of the molecule is CCC(C)C(=O)NCCC(F)(F)C(F)(F)C(F)(F)C(F)(F)C(F)(F)C(F)(F)C(F)(F)C(F)(F)C(F)(F)C(F)(F)C(F)(F)C(F)F.CCC(C)C(=O)OC1CCCCC1. The van der Waals surface area contributed by atoms with Crippen molar-refractivity contribution in [3.05, 3.63) is 0 Å². The van der Waals surface area contributed by atoms with Gasteiger partial charge in [0.15, 0.2) is 0 Å². The molecular formula is C30H35F24NO3. The first kappa shape index (κ1) is 55.3. The zero-order valence-corrected chi connectivity index (χ0v) is 30.0. The van der Waals surface area contributed by atoms with Crippen LogP contribution in [0.1, 0.15) is 79.1 Å². The van der Waals surface area contributed by atoms with Gasteiger partial charge in [-0.1, -0.05) is 34.1 Å². The van der Waals surface area contributed by atoms with Crippen LogP contribution in [0.2, 0.25) is 0 Å². The van der Waals surface area contributed by atoms with Crippen LogP contribution in [0.4, 0.5) is 105 Å². The highest BCUT2D eigenvalue weighted by atomic mass is 19.4. The summed E-state index contributed by atoms with van der Waals surface area (Å²) in [6.07, 6.45) is -2.34. The Hall–Kier alpha value is -2.74. The number of carbonyl (C=O) groups excluding carboxylic acids is 2. The summed E-state index contributed by atoms with van der Waals surface area (Å²) >= 11 is 0. The first-order valence-corrected chi connectivity index (χ1v) is 16.5.